The van der Waals surface area contributed by atoms with Crippen molar-refractivity contribution in [2.45, 2.75) is 18.4 Å². The molecule has 0 aliphatic rings. The maximum atomic E-state index is 12.4. The Kier molecular flexibility index (Phi) is 4.21. The van der Waals surface area contributed by atoms with Gasteiger partial charge in [0.15, 0.2) is 0 Å². The van der Waals surface area contributed by atoms with E-state index in [0.717, 1.165) is 5.56 Å². The van der Waals surface area contributed by atoms with E-state index >= 15 is 0 Å². The maximum Gasteiger partial charge on any atom is 0.261 e. The predicted octanol–water partition coefficient (Wildman–Crippen LogP) is 1.72. The highest BCUT2D eigenvalue weighted by atomic mass is 32.2. The van der Waals surface area contributed by atoms with Crippen molar-refractivity contribution in [1.29, 1.82) is 0 Å². The summed E-state index contributed by atoms with van der Waals surface area (Å²) >= 11 is 0. The van der Waals surface area contributed by atoms with Gasteiger partial charge >= 0.3 is 0 Å². The van der Waals surface area contributed by atoms with E-state index in [1.54, 1.807) is 55.6 Å². The molecule has 124 valence electrons. The Balaban J connectivity index is 1.92. The van der Waals surface area contributed by atoms with E-state index in [1.165, 1.54) is 4.57 Å². The van der Waals surface area contributed by atoms with Crippen molar-refractivity contribution >= 4 is 20.9 Å². The third-order valence-corrected chi connectivity index (χ3v) is 5.24. The number of aromatic nitrogens is 2. The van der Waals surface area contributed by atoms with Crippen LogP contribution in [0.3, 0.4) is 0 Å². The summed E-state index contributed by atoms with van der Waals surface area (Å²) in [5.41, 5.74) is 1.32. The molecule has 0 fully saturated rings. The fraction of sp³-hybridized carbons (Fsp3) is 0.176. The Morgan fingerprint density at radius 1 is 1.08 bits per heavy atom. The topological polar surface area (TPSA) is 81.1 Å². The zero-order valence-electron chi connectivity index (χ0n) is 13.4. The summed E-state index contributed by atoms with van der Waals surface area (Å²) in [5.74, 6) is 0.356. The molecule has 0 spiro atoms. The van der Waals surface area contributed by atoms with E-state index in [-0.39, 0.29) is 17.0 Å². The normalized spacial score (nSPS) is 11.8. The summed E-state index contributed by atoms with van der Waals surface area (Å²) in [7, 11) is -2.08. The minimum Gasteiger partial charge on any atom is -0.298 e. The Morgan fingerprint density at radius 2 is 1.75 bits per heavy atom. The van der Waals surface area contributed by atoms with E-state index in [4.69, 9.17) is 0 Å². The number of nitrogens with zero attached hydrogens (tertiary/aromatic N) is 2. The fourth-order valence-corrected chi connectivity index (χ4v) is 3.36. The molecule has 3 rings (SSSR count). The van der Waals surface area contributed by atoms with Crippen LogP contribution in [-0.4, -0.2) is 18.0 Å². The zero-order chi connectivity index (χ0) is 17.3. The molecular formula is C17H17N3O3S. The minimum absolute atomic E-state index is 0.0627. The first-order valence-corrected chi connectivity index (χ1v) is 8.88. The lowest BCUT2D eigenvalue weighted by Gasteiger charge is -2.11. The molecule has 0 aliphatic heterocycles. The van der Waals surface area contributed by atoms with Crippen molar-refractivity contribution in [2.24, 2.45) is 7.05 Å². The van der Waals surface area contributed by atoms with E-state index in [2.05, 4.69) is 9.71 Å². The van der Waals surface area contributed by atoms with Crippen LogP contribution in [0.15, 0.2) is 58.2 Å². The van der Waals surface area contributed by atoms with Crippen LogP contribution >= 0.6 is 0 Å². The number of aryl methyl sites for hydroxylation is 1. The molecule has 0 radical (unpaired) electrons. The van der Waals surface area contributed by atoms with Gasteiger partial charge in [-0.25, -0.2) is 18.1 Å². The lowest BCUT2D eigenvalue weighted by atomic mass is 10.2. The molecule has 0 atom stereocenters. The lowest BCUT2D eigenvalue weighted by molar-refractivity contribution is 0.576. The van der Waals surface area contributed by atoms with Crippen molar-refractivity contribution in [2.75, 3.05) is 0 Å². The highest BCUT2D eigenvalue weighted by Gasteiger charge is 2.15. The summed E-state index contributed by atoms with van der Waals surface area (Å²) < 4.78 is 28.6. The van der Waals surface area contributed by atoms with Crippen molar-refractivity contribution in [3.8, 4) is 0 Å². The number of hydrogen-bond acceptors (Lipinski definition) is 4. The number of fused-ring (bicyclic) bond motifs is 1. The molecule has 1 aromatic heterocycles. The Labute approximate surface area is 139 Å². The quantitative estimate of drug-likeness (QED) is 0.782. The predicted molar refractivity (Wildman–Crippen MR) is 92.2 cm³/mol. The smallest absolute Gasteiger partial charge is 0.261 e. The highest BCUT2D eigenvalue weighted by molar-refractivity contribution is 7.89. The minimum atomic E-state index is -3.66. The van der Waals surface area contributed by atoms with Gasteiger partial charge in [0.2, 0.25) is 10.0 Å². The molecule has 1 heterocycles. The largest absolute Gasteiger partial charge is 0.298 e. The average molecular weight is 343 g/mol. The monoisotopic (exact) mass is 343 g/mol. The molecule has 6 nitrogen and oxygen atoms in total. The fourth-order valence-electron chi connectivity index (χ4n) is 2.38. The van der Waals surface area contributed by atoms with Gasteiger partial charge in [0.25, 0.3) is 5.56 Å². The number of para-hydroxylation sites is 1. The second-order valence-corrected chi connectivity index (χ2v) is 7.31. The number of benzene rings is 2. The number of rotatable bonds is 4. The number of nitrogens with one attached hydrogen (secondary N) is 1. The maximum absolute atomic E-state index is 12.4. The van der Waals surface area contributed by atoms with Gasteiger partial charge in [0.05, 0.1) is 22.3 Å². The molecule has 0 unspecified atom stereocenters. The first-order chi connectivity index (χ1) is 11.4. The summed E-state index contributed by atoms with van der Waals surface area (Å²) in [5, 5.41) is 0.505. The molecule has 1 N–H and O–H groups in total. The Bertz CT molecular complexity index is 1050. The van der Waals surface area contributed by atoms with Crippen LogP contribution in [0.5, 0.6) is 0 Å². The Hall–Kier alpha value is -2.51. The average Bonchev–Trinajstić information content (AvgIpc) is 2.57. The third kappa shape index (κ3) is 3.08. The zero-order valence-corrected chi connectivity index (χ0v) is 14.2. The molecule has 3 aromatic rings. The van der Waals surface area contributed by atoms with Gasteiger partial charge in [-0.1, -0.05) is 29.8 Å². The van der Waals surface area contributed by atoms with Crippen LogP contribution in [0.25, 0.3) is 10.9 Å². The van der Waals surface area contributed by atoms with E-state index in [1.807, 2.05) is 6.92 Å². The molecule has 0 amide bonds. The van der Waals surface area contributed by atoms with Crippen LogP contribution in [0.1, 0.15) is 11.4 Å². The Morgan fingerprint density at radius 3 is 2.46 bits per heavy atom. The van der Waals surface area contributed by atoms with Crippen molar-refractivity contribution in [3.63, 3.8) is 0 Å². The first-order valence-electron chi connectivity index (χ1n) is 7.39. The second kappa shape index (κ2) is 6.18. The van der Waals surface area contributed by atoms with Gasteiger partial charge in [-0.05, 0) is 31.2 Å². The molecule has 0 saturated heterocycles. The summed E-state index contributed by atoms with van der Waals surface area (Å²) in [6, 6.07) is 13.5. The number of sulfonamides is 1. The standard InChI is InChI=1S/C17H17N3O3S/c1-12-7-9-13(10-8-12)24(22,23)18-11-16-19-15-6-4-3-5-14(15)17(21)20(16)2/h3-10,18H,11H2,1-2H3. The SMILES string of the molecule is Cc1ccc(S(=O)(=O)NCc2nc3ccccc3c(=O)n2C)cc1. The summed E-state index contributed by atoms with van der Waals surface area (Å²) in [6.07, 6.45) is 0. The van der Waals surface area contributed by atoms with Crippen molar-refractivity contribution in [3.05, 3.63) is 70.3 Å². The van der Waals surface area contributed by atoms with Crippen LogP contribution in [0.2, 0.25) is 0 Å². The van der Waals surface area contributed by atoms with Gasteiger partial charge in [-0.15, -0.1) is 0 Å². The third-order valence-electron chi connectivity index (χ3n) is 3.83. The molecule has 24 heavy (non-hydrogen) atoms. The van der Waals surface area contributed by atoms with Crippen LogP contribution in [0.4, 0.5) is 0 Å². The van der Waals surface area contributed by atoms with Gasteiger partial charge in [0, 0.05) is 7.05 Å². The van der Waals surface area contributed by atoms with E-state index in [0.29, 0.717) is 16.7 Å². The van der Waals surface area contributed by atoms with Gasteiger partial charge in [-0.3, -0.25) is 9.36 Å². The van der Waals surface area contributed by atoms with Crippen molar-refractivity contribution < 1.29 is 8.42 Å². The van der Waals surface area contributed by atoms with Crippen LogP contribution < -0.4 is 10.3 Å². The molecule has 2 aromatic carbocycles. The van der Waals surface area contributed by atoms with Crippen molar-refractivity contribution in [1.82, 2.24) is 14.3 Å². The molecule has 0 bridgehead atoms. The van der Waals surface area contributed by atoms with Gasteiger partial charge < -0.3 is 0 Å². The lowest BCUT2D eigenvalue weighted by Crippen LogP contribution is -2.29. The number of hydrogen-bond donors (Lipinski definition) is 1. The van der Waals surface area contributed by atoms with E-state index < -0.39 is 10.0 Å². The summed E-state index contributed by atoms with van der Waals surface area (Å²) in [6.45, 7) is 1.82. The molecule has 0 saturated carbocycles. The molecule has 7 heteroatoms. The van der Waals surface area contributed by atoms with Crippen LogP contribution in [0, 0.1) is 6.92 Å². The van der Waals surface area contributed by atoms with E-state index in [9.17, 15) is 13.2 Å². The second-order valence-electron chi connectivity index (χ2n) is 5.55. The molecular weight excluding hydrogens is 326 g/mol. The van der Waals surface area contributed by atoms with Crippen LogP contribution in [-0.2, 0) is 23.6 Å². The summed E-state index contributed by atoms with van der Waals surface area (Å²) in [4.78, 5) is 16.9. The first kappa shape index (κ1) is 16.4. The van der Waals surface area contributed by atoms with Gasteiger partial charge in [0.1, 0.15) is 5.82 Å². The van der Waals surface area contributed by atoms with Gasteiger partial charge in [-0.2, -0.15) is 0 Å². The molecule has 0 aliphatic carbocycles. The highest BCUT2D eigenvalue weighted by Crippen LogP contribution is 2.11.